The Morgan fingerprint density at radius 3 is 2.67 bits per heavy atom. The molecule has 0 aliphatic rings. The molecule has 0 aliphatic heterocycles. The third-order valence-corrected chi connectivity index (χ3v) is 4.86. The van der Waals surface area contributed by atoms with Gasteiger partial charge in [0.05, 0.1) is 10.8 Å². The Morgan fingerprint density at radius 1 is 1.44 bits per heavy atom. The molecule has 6 heteroatoms. The highest BCUT2D eigenvalue weighted by atomic mass is 35.5. The largest absolute Gasteiger partial charge is 0.324 e. The van der Waals surface area contributed by atoms with E-state index in [9.17, 15) is 12.8 Å². The lowest BCUT2D eigenvalue weighted by Crippen LogP contribution is -2.14. The smallest absolute Gasteiger partial charge is 0.150 e. The fourth-order valence-corrected chi connectivity index (χ4v) is 2.66. The average molecular weight is 294 g/mol. The molecule has 2 N–H and O–H groups in total. The van der Waals surface area contributed by atoms with E-state index in [0.717, 1.165) is 5.56 Å². The summed E-state index contributed by atoms with van der Waals surface area (Å²) in [5.41, 5.74) is 6.63. The summed E-state index contributed by atoms with van der Waals surface area (Å²) in [5.74, 6) is -0.210. The summed E-state index contributed by atoms with van der Waals surface area (Å²) in [7, 11) is -2.95. The molecule has 0 aromatic heterocycles. The van der Waals surface area contributed by atoms with Gasteiger partial charge in [-0.3, -0.25) is 0 Å². The zero-order valence-electron chi connectivity index (χ0n) is 10.2. The van der Waals surface area contributed by atoms with Crippen molar-refractivity contribution in [2.45, 2.75) is 25.8 Å². The van der Waals surface area contributed by atoms with E-state index in [0.29, 0.717) is 12.8 Å². The molecule has 0 spiro atoms. The Bertz CT molecular complexity index is 505. The summed E-state index contributed by atoms with van der Waals surface area (Å²) in [6.45, 7) is 1.62. The second kappa shape index (κ2) is 6.50. The number of sulfone groups is 1. The second-order valence-corrected chi connectivity index (χ2v) is 7.04. The van der Waals surface area contributed by atoms with Crippen LogP contribution in [-0.2, 0) is 9.84 Å². The molecular formula is C12H17ClFNO2S. The molecule has 0 aliphatic carbocycles. The highest BCUT2D eigenvalue weighted by Gasteiger charge is 2.12. The van der Waals surface area contributed by atoms with Crippen LogP contribution in [0.1, 0.15) is 31.4 Å². The second-order valence-electron chi connectivity index (χ2n) is 4.16. The van der Waals surface area contributed by atoms with E-state index in [2.05, 4.69) is 0 Å². The van der Waals surface area contributed by atoms with Gasteiger partial charge in [0.2, 0.25) is 0 Å². The highest BCUT2D eigenvalue weighted by molar-refractivity contribution is 7.91. The number of hydrogen-bond acceptors (Lipinski definition) is 3. The van der Waals surface area contributed by atoms with Gasteiger partial charge in [0.25, 0.3) is 0 Å². The van der Waals surface area contributed by atoms with Crippen LogP contribution in [-0.4, -0.2) is 19.9 Å². The first-order valence-corrected chi connectivity index (χ1v) is 7.96. The van der Waals surface area contributed by atoms with Gasteiger partial charge in [-0.05, 0) is 30.5 Å². The van der Waals surface area contributed by atoms with E-state index in [4.69, 9.17) is 17.3 Å². The monoisotopic (exact) mass is 293 g/mol. The first-order valence-electron chi connectivity index (χ1n) is 5.76. The van der Waals surface area contributed by atoms with Crippen LogP contribution < -0.4 is 5.73 Å². The van der Waals surface area contributed by atoms with E-state index in [1.807, 2.05) is 0 Å². The maximum absolute atomic E-state index is 13.0. The van der Waals surface area contributed by atoms with Crippen molar-refractivity contribution in [3.8, 4) is 0 Å². The molecule has 1 unspecified atom stereocenters. The predicted octanol–water partition coefficient (Wildman–Crippen LogP) is 2.69. The van der Waals surface area contributed by atoms with Gasteiger partial charge in [-0.1, -0.05) is 24.6 Å². The molecule has 3 nitrogen and oxygen atoms in total. The van der Waals surface area contributed by atoms with Gasteiger partial charge in [-0.2, -0.15) is 0 Å². The minimum atomic E-state index is -2.95. The molecule has 0 saturated carbocycles. The summed E-state index contributed by atoms with van der Waals surface area (Å²) in [6, 6.07) is 3.99. The van der Waals surface area contributed by atoms with Crippen LogP contribution in [0.15, 0.2) is 18.2 Å². The van der Waals surface area contributed by atoms with E-state index in [-0.39, 0.29) is 22.6 Å². The van der Waals surface area contributed by atoms with Gasteiger partial charge >= 0.3 is 0 Å². The minimum absolute atomic E-state index is 0.0316. The van der Waals surface area contributed by atoms with E-state index < -0.39 is 15.7 Å². The summed E-state index contributed by atoms with van der Waals surface area (Å²) >= 11 is 5.66. The summed E-state index contributed by atoms with van der Waals surface area (Å²) in [5, 5.41) is 0.0316. The van der Waals surface area contributed by atoms with Crippen molar-refractivity contribution in [2.24, 2.45) is 5.73 Å². The van der Waals surface area contributed by atoms with Crippen LogP contribution in [0, 0.1) is 5.82 Å². The van der Waals surface area contributed by atoms with E-state index in [1.54, 1.807) is 13.0 Å². The zero-order valence-corrected chi connectivity index (χ0v) is 11.8. The number of rotatable bonds is 6. The fourth-order valence-electron chi connectivity index (χ4n) is 1.58. The predicted molar refractivity (Wildman–Crippen MR) is 71.9 cm³/mol. The lowest BCUT2D eigenvalue weighted by Gasteiger charge is -2.12. The quantitative estimate of drug-likeness (QED) is 0.877. The first kappa shape index (κ1) is 15.4. The zero-order chi connectivity index (χ0) is 13.8. The summed E-state index contributed by atoms with van der Waals surface area (Å²) in [6.07, 6.45) is 1.02. The maximum Gasteiger partial charge on any atom is 0.150 e. The topological polar surface area (TPSA) is 60.2 Å². The minimum Gasteiger partial charge on any atom is -0.324 e. The molecule has 0 fully saturated rings. The fraction of sp³-hybridized carbons (Fsp3) is 0.500. The molecule has 1 aromatic rings. The molecule has 0 heterocycles. The standard InChI is InChI=1S/C12H17ClFNO2S/c1-2-18(16,17)7-3-4-12(15)9-5-6-11(14)10(13)8-9/h5-6,8,12H,2-4,7,15H2,1H3. The van der Waals surface area contributed by atoms with Crippen molar-refractivity contribution in [2.75, 3.05) is 11.5 Å². The maximum atomic E-state index is 13.0. The Hall–Kier alpha value is -0.650. The third-order valence-electron chi connectivity index (χ3n) is 2.78. The van der Waals surface area contributed by atoms with Crippen molar-refractivity contribution in [1.29, 1.82) is 0 Å². The van der Waals surface area contributed by atoms with Crippen molar-refractivity contribution in [1.82, 2.24) is 0 Å². The van der Waals surface area contributed by atoms with Gasteiger partial charge in [0.1, 0.15) is 15.7 Å². The number of nitrogens with two attached hydrogens (primary N) is 1. The first-order chi connectivity index (χ1) is 8.35. The van der Waals surface area contributed by atoms with E-state index >= 15 is 0 Å². The third kappa shape index (κ3) is 4.55. The number of benzene rings is 1. The van der Waals surface area contributed by atoms with Crippen molar-refractivity contribution >= 4 is 21.4 Å². The lowest BCUT2D eigenvalue weighted by molar-refractivity contribution is 0.583. The van der Waals surface area contributed by atoms with Crippen LogP contribution >= 0.6 is 11.6 Å². The Kier molecular flexibility index (Phi) is 5.56. The van der Waals surface area contributed by atoms with Crippen LogP contribution in [0.5, 0.6) is 0 Å². The molecule has 1 atom stereocenters. The molecule has 0 radical (unpaired) electrons. The van der Waals surface area contributed by atoms with Gasteiger partial charge in [-0.15, -0.1) is 0 Å². The molecule has 0 saturated heterocycles. The lowest BCUT2D eigenvalue weighted by atomic mass is 10.0. The van der Waals surface area contributed by atoms with Crippen molar-refractivity contribution in [3.63, 3.8) is 0 Å². The average Bonchev–Trinajstić information content (AvgIpc) is 2.32. The Balaban J connectivity index is 2.55. The van der Waals surface area contributed by atoms with Crippen LogP contribution in [0.2, 0.25) is 5.02 Å². The van der Waals surface area contributed by atoms with Gasteiger partial charge in [0, 0.05) is 11.8 Å². The SMILES string of the molecule is CCS(=O)(=O)CCCC(N)c1ccc(F)c(Cl)c1. The van der Waals surface area contributed by atoms with Crippen molar-refractivity contribution < 1.29 is 12.8 Å². The number of halogens is 2. The van der Waals surface area contributed by atoms with E-state index in [1.165, 1.54) is 12.1 Å². The Labute approximate surface area is 112 Å². The van der Waals surface area contributed by atoms with Crippen LogP contribution in [0.3, 0.4) is 0 Å². The molecular weight excluding hydrogens is 277 g/mol. The molecule has 1 aromatic carbocycles. The molecule has 0 bridgehead atoms. The molecule has 1 rings (SSSR count). The van der Waals surface area contributed by atoms with Crippen molar-refractivity contribution in [3.05, 3.63) is 34.6 Å². The normalized spacial score (nSPS) is 13.6. The van der Waals surface area contributed by atoms with Crippen LogP contribution in [0.4, 0.5) is 4.39 Å². The summed E-state index contributed by atoms with van der Waals surface area (Å²) < 4.78 is 35.6. The van der Waals surface area contributed by atoms with Gasteiger partial charge < -0.3 is 5.73 Å². The summed E-state index contributed by atoms with van der Waals surface area (Å²) in [4.78, 5) is 0. The Morgan fingerprint density at radius 2 is 2.11 bits per heavy atom. The molecule has 18 heavy (non-hydrogen) atoms. The number of hydrogen-bond donors (Lipinski definition) is 1. The van der Waals surface area contributed by atoms with Crippen LogP contribution in [0.25, 0.3) is 0 Å². The van der Waals surface area contributed by atoms with Gasteiger partial charge in [-0.25, -0.2) is 12.8 Å². The molecule has 102 valence electrons. The highest BCUT2D eigenvalue weighted by Crippen LogP contribution is 2.22. The molecule has 0 amide bonds. The van der Waals surface area contributed by atoms with Gasteiger partial charge in [0.15, 0.2) is 0 Å².